The lowest BCUT2D eigenvalue weighted by molar-refractivity contribution is 0.0600. The van der Waals surface area contributed by atoms with Crippen LogP contribution in [0.1, 0.15) is 46.8 Å². The molecule has 0 aliphatic carbocycles. The second kappa shape index (κ2) is 7.46. The Hall–Kier alpha value is -1.80. The Morgan fingerprint density at radius 3 is 2.14 bits per heavy atom. The molecule has 3 heteroatoms. The molecule has 0 heterocycles. The van der Waals surface area contributed by atoms with Crippen LogP contribution in [0.2, 0.25) is 0 Å². The molecule has 0 amide bonds. The Bertz CT molecular complexity index is 655. The standard InChI is InChI=1S/C19H22O2.ClH/c1-12(2)16-7-6-8-17(18(16)19(20)21-5)15-10-13(3)9-14(4)11-15;/h6-12H,1-5H3;1H. The quantitative estimate of drug-likeness (QED) is 0.717. The molecule has 0 aromatic heterocycles. The maximum atomic E-state index is 12.3. The first-order valence-corrected chi connectivity index (χ1v) is 7.24. The molecule has 0 spiro atoms. The third-order valence-corrected chi connectivity index (χ3v) is 3.64. The lowest BCUT2D eigenvalue weighted by Crippen LogP contribution is -2.09. The second-order valence-electron chi connectivity index (χ2n) is 5.79. The van der Waals surface area contributed by atoms with Crippen LogP contribution in [0.3, 0.4) is 0 Å². The maximum Gasteiger partial charge on any atom is 0.338 e. The number of carbonyl (C=O) groups is 1. The maximum absolute atomic E-state index is 12.3. The molecule has 0 unspecified atom stereocenters. The van der Waals surface area contributed by atoms with E-state index in [1.54, 1.807) is 0 Å². The summed E-state index contributed by atoms with van der Waals surface area (Å²) in [5, 5.41) is 0. The Morgan fingerprint density at radius 1 is 1.05 bits per heavy atom. The van der Waals surface area contributed by atoms with Crippen LogP contribution >= 0.6 is 12.4 Å². The highest BCUT2D eigenvalue weighted by Gasteiger charge is 2.19. The van der Waals surface area contributed by atoms with Gasteiger partial charge in [0.25, 0.3) is 0 Å². The van der Waals surface area contributed by atoms with Gasteiger partial charge in [-0.25, -0.2) is 4.79 Å². The molecule has 2 aromatic carbocycles. The summed E-state index contributed by atoms with van der Waals surface area (Å²) in [6.45, 7) is 8.32. The molecule has 2 aromatic rings. The van der Waals surface area contributed by atoms with Gasteiger partial charge in [-0.3, -0.25) is 0 Å². The number of benzene rings is 2. The number of hydrogen-bond acceptors (Lipinski definition) is 2. The van der Waals surface area contributed by atoms with Gasteiger partial charge >= 0.3 is 5.97 Å². The summed E-state index contributed by atoms with van der Waals surface area (Å²) >= 11 is 0. The molecule has 0 aliphatic heterocycles. The number of methoxy groups -OCH3 is 1. The number of carbonyl (C=O) groups excluding carboxylic acids is 1. The van der Waals surface area contributed by atoms with Crippen LogP contribution < -0.4 is 0 Å². The van der Waals surface area contributed by atoms with Crippen molar-refractivity contribution in [3.05, 3.63) is 58.7 Å². The molecule has 0 radical (unpaired) electrons. The van der Waals surface area contributed by atoms with Crippen LogP contribution in [0.4, 0.5) is 0 Å². The topological polar surface area (TPSA) is 26.3 Å². The van der Waals surface area contributed by atoms with Gasteiger partial charge in [-0.15, -0.1) is 12.4 Å². The Labute approximate surface area is 138 Å². The third-order valence-electron chi connectivity index (χ3n) is 3.64. The van der Waals surface area contributed by atoms with Crippen LogP contribution in [-0.2, 0) is 4.74 Å². The van der Waals surface area contributed by atoms with Gasteiger partial charge in [0.2, 0.25) is 0 Å². The zero-order chi connectivity index (χ0) is 15.6. The van der Waals surface area contributed by atoms with Crippen molar-refractivity contribution in [3.63, 3.8) is 0 Å². The fourth-order valence-corrected chi connectivity index (χ4v) is 2.75. The van der Waals surface area contributed by atoms with E-state index in [2.05, 4.69) is 45.9 Å². The van der Waals surface area contributed by atoms with Crippen LogP contribution in [0.15, 0.2) is 36.4 Å². The van der Waals surface area contributed by atoms with Gasteiger partial charge in [-0.1, -0.05) is 61.4 Å². The molecule has 0 fully saturated rings. The van der Waals surface area contributed by atoms with Crippen molar-refractivity contribution in [2.24, 2.45) is 0 Å². The average Bonchev–Trinajstić information content (AvgIpc) is 2.44. The van der Waals surface area contributed by atoms with E-state index in [0.29, 0.717) is 5.56 Å². The molecule has 2 nitrogen and oxygen atoms in total. The number of ether oxygens (including phenoxy) is 1. The number of rotatable bonds is 3. The molecule has 2 rings (SSSR count). The smallest absolute Gasteiger partial charge is 0.338 e. The van der Waals surface area contributed by atoms with Crippen molar-refractivity contribution in [2.45, 2.75) is 33.6 Å². The van der Waals surface area contributed by atoms with E-state index >= 15 is 0 Å². The van der Waals surface area contributed by atoms with E-state index < -0.39 is 0 Å². The highest BCUT2D eigenvalue weighted by atomic mass is 35.5. The van der Waals surface area contributed by atoms with Crippen molar-refractivity contribution >= 4 is 18.4 Å². The monoisotopic (exact) mass is 318 g/mol. The predicted molar refractivity (Wildman–Crippen MR) is 94.0 cm³/mol. The van der Waals surface area contributed by atoms with Gasteiger partial charge in [0.05, 0.1) is 12.7 Å². The van der Waals surface area contributed by atoms with E-state index in [4.69, 9.17) is 4.74 Å². The summed E-state index contributed by atoms with van der Waals surface area (Å²) < 4.78 is 5.01. The van der Waals surface area contributed by atoms with Crippen molar-refractivity contribution in [1.29, 1.82) is 0 Å². The van der Waals surface area contributed by atoms with Crippen molar-refractivity contribution in [2.75, 3.05) is 7.11 Å². The molecular weight excluding hydrogens is 296 g/mol. The van der Waals surface area contributed by atoms with Crippen LogP contribution in [-0.4, -0.2) is 13.1 Å². The third kappa shape index (κ3) is 3.69. The first-order chi connectivity index (χ1) is 9.93. The summed E-state index contributed by atoms with van der Waals surface area (Å²) in [6, 6.07) is 12.4. The van der Waals surface area contributed by atoms with Gasteiger partial charge in [0.15, 0.2) is 0 Å². The molecule has 0 aliphatic rings. The largest absolute Gasteiger partial charge is 0.465 e. The van der Waals surface area contributed by atoms with Crippen molar-refractivity contribution < 1.29 is 9.53 Å². The fourth-order valence-electron chi connectivity index (χ4n) is 2.75. The van der Waals surface area contributed by atoms with Crippen LogP contribution in [0, 0.1) is 13.8 Å². The van der Waals surface area contributed by atoms with E-state index in [0.717, 1.165) is 16.7 Å². The van der Waals surface area contributed by atoms with Gasteiger partial charge in [-0.2, -0.15) is 0 Å². The number of hydrogen-bond donors (Lipinski definition) is 0. The van der Waals surface area contributed by atoms with Gasteiger partial charge in [0.1, 0.15) is 0 Å². The molecule has 0 saturated heterocycles. The van der Waals surface area contributed by atoms with E-state index in [1.807, 2.05) is 18.2 Å². The summed E-state index contributed by atoms with van der Waals surface area (Å²) in [5.74, 6) is -0.00147. The van der Waals surface area contributed by atoms with Crippen LogP contribution in [0.5, 0.6) is 0 Å². The first kappa shape index (κ1) is 18.2. The highest BCUT2D eigenvalue weighted by Crippen LogP contribution is 2.31. The number of halogens is 1. The molecule has 0 atom stereocenters. The fraction of sp³-hybridized carbons (Fsp3) is 0.316. The normalized spacial score (nSPS) is 10.3. The van der Waals surface area contributed by atoms with Gasteiger partial charge in [0, 0.05) is 0 Å². The lowest BCUT2D eigenvalue weighted by Gasteiger charge is -2.16. The molecule has 0 bridgehead atoms. The average molecular weight is 319 g/mol. The minimum absolute atomic E-state index is 0. The van der Waals surface area contributed by atoms with Crippen LogP contribution in [0.25, 0.3) is 11.1 Å². The minimum Gasteiger partial charge on any atom is -0.465 e. The van der Waals surface area contributed by atoms with E-state index in [9.17, 15) is 4.79 Å². The number of aryl methyl sites for hydroxylation is 2. The Morgan fingerprint density at radius 2 is 1.64 bits per heavy atom. The summed E-state index contributed by atoms with van der Waals surface area (Å²) in [7, 11) is 1.44. The zero-order valence-electron chi connectivity index (χ0n) is 13.8. The minimum atomic E-state index is -0.270. The van der Waals surface area contributed by atoms with Gasteiger partial charge in [-0.05, 0) is 36.5 Å². The predicted octanol–water partition coefficient (Wildman–Crippen LogP) is 5.30. The summed E-state index contributed by atoms with van der Waals surface area (Å²) in [4.78, 5) is 12.3. The molecule has 118 valence electrons. The summed E-state index contributed by atoms with van der Waals surface area (Å²) in [6.07, 6.45) is 0. The molecule has 22 heavy (non-hydrogen) atoms. The Balaban J connectivity index is 0.00000242. The summed E-state index contributed by atoms with van der Waals surface area (Å²) in [5.41, 5.74) is 6.10. The molecular formula is C19H23ClO2. The highest BCUT2D eigenvalue weighted by molar-refractivity contribution is 5.99. The molecule has 0 saturated carbocycles. The lowest BCUT2D eigenvalue weighted by atomic mass is 9.89. The van der Waals surface area contributed by atoms with E-state index in [-0.39, 0.29) is 24.3 Å². The molecule has 0 N–H and O–H groups in total. The second-order valence-corrected chi connectivity index (χ2v) is 5.79. The SMILES string of the molecule is COC(=O)c1c(-c2cc(C)cc(C)c2)cccc1C(C)C.Cl. The van der Waals surface area contributed by atoms with Crippen molar-refractivity contribution in [1.82, 2.24) is 0 Å². The zero-order valence-corrected chi connectivity index (χ0v) is 14.6. The van der Waals surface area contributed by atoms with Crippen molar-refractivity contribution in [3.8, 4) is 11.1 Å². The van der Waals surface area contributed by atoms with Gasteiger partial charge < -0.3 is 4.74 Å². The van der Waals surface area contributed by atoms with E-state index in [1.165, 1.54) is 18.2 Å². The Kier molecular flexibility index (Phi) is 6.19. The number of esters is 1. The first-order valence-electron chi connectivity index (χ1n) is 7.24.